The maximum atomic E-state index is 12.9. The Morgan fingerprint density at radius 1 is 1.25 bits per heavy atom. The number of carbonyl (C=O) groups is 1. The summed E-state index contributed by atoms with van der Waals surface area (Å²) in [5.74, 6) is 0.911. The van der Waals surface area contributed by atoms with Gasteiger partial charge in [-0.3, -0.25) is 4.79 Å². The molecule has 3 N–H and O–H groups in total. The van der Waals surface area contributed by atoms with Crippen LogP contribution in [0.15, 0.2) is 29.4 Å². The maximum absolute atomic E-state index is 12.9. The van der Waals surface area contributed by atoms with Gasteiger partial charge >= 0.3 is 0 Å². The standard InChI is InChI=1S/C21H20N4OS2/c1-11-17(12-6-2-4-8-14(12)23-11)15(26)10-27-21-24-19(22)18-13-7-3-5-9-16(13)28-20(18)25-21/h2,4,6,8,23H,3,5,7,9-10H2,1H3,(H2,22,24,25). The first-order valence-corrected chi connectivity index (χ1v) is 11.2. The normalized spacial score (nSPS) is 13.9. The van der Waals surface area contributed by atoms with Crippen molar-refractivity contribution in [2.75, 3.05) is 11.5 Å². The molecule has 0 amide bonds. The van der Waals surface area contributed by atoms with E-state index in [4.69, 9.17) is 10.7 Å². The van der Waals surface area contributed by atoms with Gasteiger partial charge in [0.2, 0.25) is 0 Å². The minimum absolute atomic E-state index is 0.0766. The first-order chi connectivity index (χ1) is 13.6. The van der Waals surface area contributed by atoms with E-state index in [9.17, 15) is 4.79 Å². The van der Waals surface area contributed by atoms with Crippen LogP contribution in [-0.2, 0) is 12.8 Å². The number of ketones is 1. The van der Waals surface area contributed by atoms with Crippen LogP contribution >= 0.6 is 23.1 Å². The van der Waals surface area contributed by atoms with Gasteiger partial charge in [0.05, 0.1) is 11.1 Å². The van der Waals surface area contributed by atoms with Crippen LogP contribution in [0, 0.1) is 6.92 Å². The average Bonchev–Trinajstić information content (AvgIpc) is 3.22. The molecule has 0 unspecified atom stereocenters. The van der Waals surface area contributed by atoms with Crippen molar-refractivity contribution in [1.29, 1.82) is 0 Å². The van der Waals surface area contributed by atoms with Crippen molar-refractivity contribution < 1.29 is 4.79 Å². The van der Waals surface area contributed by atoms with Gasteiger partial charge < -0.3 is 10.7 Å². The number of aryl methyl sites for hydroxylation is 3. The number of fused-ring (bicyclic) bond motifs is 4. The van der Waals surface area contributed by atoms with Gasteiger partial charge in [0.1, 0.15) is 10.6 Å². The fourth-order valence-corrected chi connectivity index (χ4v) is 6.12. The predicted octanol–water partition coefficient (Wildman–Crippen LogP) is 4.92. The van der Waals surface area contributed by atoms with Gasteiger partial charge in [-0.25, -0.2) is 9.97 Å². The Hall–Kier alpha value is -2.38. The van der Waals surface area contributed by atoms with Gasteiger partial charge in [-0.1, -0.05) is 30.0 Å². The van der Waals surface area contributed by atoms with Crippen molar-refractivity contribution in [2.24, 2.45) is 0 Å². The van der Waals surface area contributed by atoms with E-state index in [0.717, 1.165) is 45.2 Å². The van der Waals surface area contributed by atoms with Gasteiger partial charge in [-0.05, 0) is 44.2 Å². The number of nitrogens with one attached hydrogen (secondary N) is 1. The Bertz CT molecular complexity index is 1220. The molecule has 5 nitrogen and oxygen atoms in total. The third-order valence-electron chi connectivity index (χ3n) is 5.33. The molecule has 0 aliphatic heterocycles. The van der Waals surface area contributed by atoms with Crippen LogP contribution in [0.2, 0.25) is 0 Å². The van der Waals surface area contributed by atoms with Gasteiger partial charge in [0.15, 0.2) is 10.9 Å². The number of aromatic amines is 1. The second-order valence-electron chi connectivity index (χ2n) is 7.16. The summed E-state index contributed by atoms with van der Waals surface area (Å²) in [5.41, 5.74) is 10.3. The van der Waals surface area contributed by atoms with E-state index in [1.165, 1.54) is 35.0 Å². The molecular formula is C21H20N4OS2. The van der Waals surface area contributed by atoms with Gasteiger partial charge in [-0.2, -0.15) is 0 Å². The predicted molar refractivity (Wildman–Crippen MR) is 117 cm³/mol. The van der Waals surface area contributed by atoms with Crippen LogP contribution in [0.25, 0.3) is 21.1 Å². The van der Waals surface area contributed by atoms with E-state index < -0.39 is 0 Å². The van der Waals surface area contributed by atoms with Crippen molar-refractivity contribution in [1.82, 2.24) is 15.0 Å². The first kappa shape index (κ1) is 17.7. The molecule has 28 heavy (non-hydrogen) atoms. The lowest BCUT2D eigenvalue weighted by atomic mass is 9.97. The largest absolute Gasteiger partial charge is 0.383 e. The summed E-state index contributed by atoms with van der Waals surface area (Å²) in [6.45, 7) is 1.94. The SMILES string of the molecule is Cc1[nH]c2ccccc2c1C(=O)CSc1nc(N)c2c3c(sc2n1)CCCC3. The number of hydrogen-bond acceptors (Lipinski definition) is 6. The number of aromatic nitrogens is 3. The number of nitrogens with two attached hydrogens (primary N) is 1. The van der Waals surface area contributed by atoms with Crippen LogP contribution in [0.4, 0.5) is 5.82 Å². The molecule has 0 saturated carbocycles. The molecule has 0 fully saturated rings. The maximum Gasteiger partial charge on any atom is 0.191 e. The van der Waals surface area contributed by atoms with Gasteiger partial charge in [0.25, 0.3) is 0 Å². The van der Waals surface area contributed by atoms with E-state index in [1.807, 2.05) is 31.2 Å². The van der Waals surface area contributed by atoms with Gasteiger partial charge in [0, 0.05) is 27.0 Å². The molecule has 1 aliphatic rings. The summed E-state index contributed by atoms with van der Waals surface area (Å²) in [7, 11) is 0. The minimum atomic E-state index is 0.0766. The number of carbonyl (C=O) groups excluding carboxylic acids is 1. The molecule has 0 spiro atoms. The highest BCUT2D eigenvalue weighted by molar-refractivity contribution is 7.99. The van der Waals surface area contributed by atoms with Crippen molar-refractivity contribution >= 4 is 55.8 Å². The number of Topliss-reactive ketones (excluding diaryl/α,β-unsaturated/α-hetero) is 1. The lowest BCUT2D eigenvalue weighted by Crippen LogP contribution is -2.05. The van der Waals surface area contributed by atoms with Crippen molar-refractivity contribution in [3.05, 3.63) is 46.0 Å². The smallest absolute Gasteiger partial charge is 0.191 e. The third-order valence-corrected chi connectivity index (χ3v) is 7.36. The lowest BCUT2D eigenvalue weighted by Gasteiger charge is -2.10. The number of hydrogen-bond donors (Lipinski definition) is 2. The zero-order valence-corrected chi connectivity index (χ0v) is 17.2. The number of nitrogens with zero attached hydrogens (tertiary/aromatic N) is 2. The minimum Gasteiger partial charge on any atom is -0.383 e. The summed E-state index contributed by atoms with van der Waals surface area (Å²) >= 11 is 3.09. The number of para-hydroxylation sites is 1. The Kier molecular flexibility index (Phi) is 4.36. The molecule has 0 atom stereocenters. The Morgan fingerprint density at radius 2 is 2.07 bits per heavy atom. The van der Waals surface area contributed by atoms with Crippen LogP contribution in [0.1, 0.15) is 39.3 Å². The Balaban J connectivity index is 1.42. The van der Waals surface area contributed by atoms with Crippen LogP contribution in [0.3, 0.4) is 0 Å². The van der Waals surface area contributed by atoms with Crippen molar-refractivity contribution in [3.63, 3.8) is 0 Å². The lowest BCUT2D eigenvalue weighted by molar-refractivity contribution is 0.102. The molecule has 3 heterocycles. The Labute approximate surface area is 170 Å². The molecule has 142 valence electrons. The molecule has 4 aromatic rings. The Morgan fingerprint density at radius 3 is 2.96 bits per heavy atom. The summed E-state index contributed by atoms with van der Waals surface area (Å²) < 4.78 is 0. The topological polar surface area (TPSA) is 84.7 Å². The summed E-state index contributed by atoms with van der Waals surface area (Å²) in [4.78, 5) is 27.7. The van der Waals surface area contributed by atoms with Crippen LogP contribution < -0.4 is 5.73 Å². The number of nitrogen functional groups attached to an aromatic ring is 1. The number of thioether (sulfide) groups is 1. The molecular weight excluding hydrogens is 388 g/mol. The number of rotatable bonds is 4. The highest BCUT2D eigenvalue weighted by atomic mass is 32.2. The average molecular weight is 409 g/mol. The van der Waals surface area contributed by atoms with Gasteiger partial charge in [-0.15, -0.1) is 11.3 Å². The third kappa shape index (κ3) is 2.89. The molecule has 3 aromatic heterocycles. The fourth-order valence-electron chi connectivity index (χ4n) is 4.07. The summed E-state index contributed by atoms with van der Waals surface area (Å²) in [6.07, 6.45) is 4.60. The zero-order chi connectivity index (χ0) is 19.3. The molecule has 1 aliphatic carbocycles. The van der Waals surface area contributed by atoms with E-state index in [2.05, 4.69) is 9.97 Å². The molecule has 0 saturated heterocycles. The molecule has 0 bridgehead atoms. The fraction of sp³-hybridized carbons (Fsp3) is 0.286. The van der Waals surface area contributed by atoms with Crippen molar-refractivity contribution in [2.45, 2.75) is 37.8 Å². The van der Waals surface area contributed by atoms with E-state index >= 15 is 0 Å². The number of benzene rings is 1. The molecule has 0 radical (unpaired) electrons. The monoisotopic (exact) mass is 408 g/mol. The van der Waals surface area contributed by atoms with Crippen LogP contribution in [0.5, 0.6) is 0 Å². The first-order valence-electron chi connectivity index (χ1n) is 9.43. The highest BCUT2D eigenvalue weighted by Gasteiger charge is 2.21. The quantitative estimate of drug-likeness (QED) is 0.284. The van der Waals surface area contributed by atoms with E-state index in [0.29, 0.717) is 16.7 Å². The summed E-state index contributed by atoms with van der Waals surface area (Å²) in [6, 6.07) is 7.89. The molecule has 5 rings (SSSR count). The summed E-state index contributed by atoms with van der Waals surface area (Å²) in [5, 5.41) is 2.57. The molecule has 1 aromatic carbocycles. The number of anilines is 1. The second kappa shape index (κ2) is 6.90. The number of H-pyrrole nitrogens is 1. The second-order valence-corrected chi connectivity index (χ2v) is 9.19. The highest BCUT2D eigenvalue weighted by Crippen LogP contribution is 2.38. The number of thiophene rings is 1. The van der Waals surface area contributed by atoms with E-state index in [1.54, 1.807) is 11.3 Å². The zero-order valence-electron chi connectivity index (χ0n) is 15.5. The van der Waals surface area contributed by atoms with Crippen LogP contribution in [-0.4, -0.2) is 26.5 Å². The molecule has 7 heteroatoms. The van der Waals surface area contributed by atoms with E-state index in [-0.39, 0.29) is 5.78 Å². The van der Waals surface area contributed by atoms with Crippen molar-refractivity contribution in [3.8, 4) is 0 Å².